The molecule has 0 radical (unpaired) electrons. The smallest absolute Gasteiger partial charge is 0.497 e. The molecule has 0 saturated carbocycles. The van der Waals surface area contributed by atoms with E-state index in [1.807, 2.05) is 24.3 Å². The number of hydrogen-bond acceptors (Lipinski definition) is 30. The molecule has 0 unspecified atom stereocenters. The van der Waals surface area contributed by atoms with E-state index in [0.717, 1.165) is 34.3 Å². The van der Waals surface area contributed by atoms with Crippen molar-refractivity contribution in [1.82, 2.24) is 4.72 Å². The van der Waals surface area contributed by atoms with E-state index in [0.29, 0.717) is 60.1 Å². The van der Waals surface area contributed by atoms with E-state index < -0.39 is 53.4 Å². The number of nitrogens with zero attached hydrogens (tertiary/aromatic N) is 9. The molecule has 0 spiro atoms. The van der Waals surface area contributed by atoms with Crippen LogP contribution in [0.4, 0.5) is 64.1 Å². The van der Waals surface area contributed by atoms with Crippen molar-refractivity contribution >= 4 is 233 Å². The van der Waals surface area contributed by atoms with Gasteiger partial charge in [0.1, 0.15) is 17.2 Å². The highest BCUT2D eigenvalue weighted by Gasteiger charge is 2.33. The Morgan fingerprint density at radius 2 is 0.624 bits per heavy atom. The fourth-order valence-electron chi connectivity index (χ4n) is 8.17. The average molecular weight is 2010 g/mol. The van der Waals surface area contributed by atoms with Gasteiger partial charge in [-0.3, -0.25) is 0 Å². The van der Waals surface area contributed by atoms with Crippen LogP contribution in [-0.4, -0.2) is 128 Å². The molecule has 0 aliphatic carbocycles. The number of aliphatic imine (C=N–C) groups is 9. The summed E-state index contributed by atoms with van der Waals surface area (Å²) < 4.78 is 224. The molecule has 0 aromatic heterocycles. The monoisotopic (exact) mass is 2010 g/mol. The zero-order valence-electron chi connectivity index (χ0n) is 65.1. The molecule has 0 atom stereocenters. The van der Waals surface area contributed by atoms with Gasteiger partial charge in [-0.15, -0.1) is 38.1 Å². The number of ether oxygens (including phenoxy) is 3. The van der Waals surface area contributed by atoms with Crippen molar-refractivity contribution in [3.63, 3.8) is 0 Å². The summed E-state index contributed by atoms with van der Waals surface area (Å²) in [5, 5.41) is 20.0. The standard InChI is InChI=1S/2C9H6F3NOS.2C9H6F3NS2.C9H9NO2S2.C9H9NOS.C9H9NS2.C8H8N2O2S2.C8H7NO2S2/c10-9(11,12)14-8-3-1-7(2-4-8)5-13-6-15;10-9(11,12)14-8-3-1-2-7(4-8)5-13-6-15;10-9(11,12)15-8-3-1-7(2-4-8)5-13-6-14;10-9(11,12)15-8-3-1-2-7(4-8)5-13-6-14;1-14(11,12)9-4-2-8(3-5-9)6-10-7-13;1-11-9-4-2-3-8(5-9)6-10-7-12;1-12-9-4-2-8(3-5-9)6-10-7-11;1-9-14(11,12)8-4-2-7(3-5-8)10-6-13;1-13(10,11)8-4-2-7(3-5-8)9-6-12/h4*1-4H,5H2;2-5H,6H2,1H3;2*2-5H,6H2,1H3;2-5,9H,1H3;2-5H,1H3. The molecule has 660 valence electrons. The number of nitrogens with one attached hydrogen (secondary N) is 1. The minimum absolute atomic E-state index is 0.134. The molecule has 9 rings (SSSR count). The first-order valence-corrected chi connectivity index (χ1v) is 45.4. The van der Waals surface area contributed by atoms with Crippen LogP contribution < -0.4 is 18.9 Å². The lowest BCUT2D eigenvalue weighted by Gasteiger charge is -2.08. The molecule has 1 N–H and O–H groups in total. The Kier molecular flexibility index (Phi) is 56.2. The summed E-state index contributed by atoms with van der Waals surface area (Å²) in [4.78, 5) is 35.8. The molecule has 0 amide bonds. The van der Waals surface area contributed by atoms with Gasteiger partial charge >= 0.3 is 23.7 Å². The third-order valence-electron chi connectivity index (χ3n) is 13.5. The molecular formula is C79H66F12N10O9S15. The van der Waals surface area contributed by atoms with Crippen LogP contribution in [0.1, 0.15) is 38.9 Å². The summed E-state index contributed by atoms with van der Waals surface area (Å²) in [5.74, 6) is 0.323. The van der Waals surface area contributed by atoms with Crippen LogP contribution in [0.15, 0.2) is 293 Å². The first-order chi connectivity index (χ1) is 58.9. The predicted molar refractivity (Wildman–Crippen MR) is 496 cm³/mol. The molecule has 0 bridgehead atoms. The number of isothiocyanates is 9. The van der Waals surface area contributed by atoms with Gasteiger partial charge < -0.3 is 14.2 Å². The van der Waals surface area contributed by atoms with Crippen molar-refractivity contribution in [3.05, 3.63) is 257 Å². The van der Waals surface area contributed by atoms with Gasteiger partial charge in [0, 0.05) is 27.2 Å². The van der Waals surface area contributed by atoms with Gasteiger partial charge in [-0.1, -0.05) is 84.9 Å². The average Bonchev–Trinajstić information content (AvgIpc) is 0.642. The van der Waals surface area contributed by atoms with Gasteiger partial charge in [0.05, 0.1) is 125 Å². The minimum Gasteiger partial charge on any atom is -0.497 e. The number of sulfone groups is 2. The maximum atomic E-state index is 12.0. The summed E-state index contributed by atoms with van der Waals surface area (Å²) in [6, 6.07) is 57.8. The molecule has 0 fully saturated rings. The van der Waals surface area contributed by atoms with Crippen molar-refractivity contribution in [2.45, 2.75) is 98.9 Å². The highest BCUT2D eigenvalue weighted by Crippen LogP contribution is 2.38. The SMILES string of the molecule is CNS(=O)(=O)c1ccc(N=C=S)cc1.COc1cccc(CN=C=S)c1.CS(=O)(=O)c1ccc(CN=C=S)cc1.CS(=O)(=O)c1ccc(N=C=S)cc1.CSc1ccc(CN=C=S)cc1.FC(F)(F)Oc1ccc(CN=C=S)cc1.FC(F)(F)Oc1cccc(CN=C=S)c1.FC(F)(F)Sc1ccc(CN=C=S)cc1.FC(F)(F)Sc1cccc(CN=C=S)c1. The Hall–Kier alpha value is -9.40. The molecule has 0 aliphatic heterocycles. The summed E-state index contributed by atoms with van der Waals surface area (Å²) in [6.45, 7) is 2.75. The topological polar surface area (TPSA) is 253 Å². The number of halogens is 12. The van der Waals surface area contributed by atoms with Gasteiger partial charge in [0.25, 0.3) is 0 Å². The van der Waals surface area contributed by atoms with Crippen molar-refractivity contribution in [1.29, 1.82) is 0 Å². The van der Waals surface area contributed by atoms with Crippen molar-refractivity contribution in [3.8, 4) is 17.2 Å². The zero-order chi connectivity index (χ0) is 94.0. The molecule has 0 aliphatic rings. The zero-order valence-corrected chi connectivity index (χ0v) is 77.3. The van der Waals surface area contributed by atoms with E-state index in [1.54, 1.807) is 97.7 Å². The normalized spacial score (nSPS) is 10.3. The molecule has 19 nitrogen and oxygen atoms in total. The fraction of sp³-hybridized carbons (Fsp3) is 0.203. The lowest BCUT2D eigenvalue weighted by atomic mass is 10.2. The number of hydrogen-bond donors (Lipinski definition) is 1. The number of thiocarbonyl (C=S) groups is 9. The Morgan fingerprint density at radius 3 is 0.944 bits per heavy atom. The second kappa shape index (κ2) is 61.9. The van der Waals surface area contributed by atoms with Crippen LogP contribution >= 0.6 is 145 Å². The van der Waals surface area contributed by atoms with Gasteiger partial charge in [-0.05, 0) is 319 Å². The molecule has 9 aromatic carbocycles. The highest BCUT2D eigenvalue weighted by atomic mass is 32.2. The third kappa shape index (κ3) is 57.0. The van der Waals surface area contributed by atoms with Gasteiger partial charge in [0.2, 0.25) is 10.0 Å². The second-order valence-corrected chi connectivity index (χ2v) is 33.3. The minimum atomic E-state index is -4.67. The van der Waals surface area contributed by atoms with Crippen LogP contribution in [0.25, 0.3) is 0 Å². The summed E-state index contributed by atoms with van der Waals surface area (Å²) >= 11 is 41.1. The molecular weight excluding hydrogens is 1940 g/mol. The number of thioether (sulfide) groups is 3. The first kappa shape index (κ1) is 114. The number of methoxy groups -OCH3 is 1. The lowest BCUT2D eigenvalue weighted by molar-refractivity contribution is -0.275. The first-order valence-electron chi connectivity index (χ1n) is 33.6. The molecule has 0 heterocycles. The van der Waals surface area contributed by atoms with Crippen LogP contribution in [-0.2, 0) is 75.5 Å². The van der Waals surface area contributed by atoms with E-state index in [9.17, 15) is 77.9 Å². The maximum Gasteiger partial charge on any atom is 0.573 e. The molecule has 9 aromatic rings. The van der Waals surface area contributed by atoms with Crippen LogP contribution in [0, 0.1) is 0 Å². The van der Waals surface area contributed by atoms with Gasteiger partial charge in [-0.25, -0.2) is 64.9 Å². The predicted octanol–water partition coefficient (Wildman–Crippen LogP) is 24.3. The summed E-state index contributed by atoms with van der Waals surface area (Å²) in [6.07, 6.45) is -4.94. The Morgan fingerprint density at radius 1 is 0.336 bits per heavy atom. The van der Waals surface area contributed by atoms with Crippen molar-refractivity contribution in [2.24, 2.45) is 44.9 Å². The van der Waals surface area contributed by atoms with E-state index in [-0.39, 0.29) is 67.7 Å². The van der Waals surface area contributed by atoms with Gasteiger partial charge in [-0.2, -0.15) is 36.3 Å². The summed E-state index contributed by atoms with van der Waals surface area (Å²) in [7, 11) is -6.60. The molecule has 46 heteroatoms. The lowest BCUT2D eigenvalue weighted by Crippen LogP contribution is -2.18. The second-order valence-electron chi connectivity index (χ2n) is 22.6. The van der Waals surface area contributed by atoms with E-state index in [2.05, 4.69) is 246 Å². The van der Waals surface area contributed by atoms with Crippen molar-refractivity contribution in [2.75, 3.05) is 32.9 Å². The quantitative estimate of drug-likeness (QED) is 0.0229. The van der Waals surface area contributed by atoms with Crippen LogP contribution in [0.2, 0.25) is 0 Å². The van der Waals surface area contributed by atoms with Crippen LogP contribution in [0.3, 0.4) is 0 Å². The number of rotatable bonds is 26. The molecule has 125 heavy (non-hydrogen) atoms. The number of alkyl halides is 12. The summed E-state index contributed by atoms with van der Waals surface area (Å²) in [5.41, 5.74) is -1.36. The van der Waals surface area contributed by atoms with Crippen LogP contribution in [0.5, 0.6) is 17.2 Å². The van der Waals surface area contributed by atoms with E-state index in [1.165, 1.54) is 115 Å². The maximum absolute atomic E-state index is 12.0. The Labute approximate surface area is 774 Å². The number of benzene rings is 9. The van der Waals surface area contributed by atoms with Crippen molar-refractivity contribution < 1.29 is 92.1 Å². The third-order valence-corrected chi connectivity index (χ3v) is 20.5. The highest BCUT2D eigenvalue weighted by molar-refractivity contribution is 8.00. The molecule has 0 saturated heterocycles. The van der Waals surface area contributed by atoms with E-state index in [4.69, 9.17) is 4.74 Å². The largest absolute Gasteiger partial charge is 0.573 e. The van der Waals surface area contributed by atoms with Gasteiger partial charge in [0.15, 0.2) is 19.7 Å². The number of sulfonamides is 1. The Bertz CT molecular complexity index is 5530. The van der Waals surface area contributed by atoms with E-state index >= 15 is 0 Å². The Balaban J connectivity index is 0.000000704. The fourth-order valence-corrected chi connectivity index (χ4v) is 12.4.